The Kier molecular flexibility index (Phi) is 4.23. The molecule has 2 rings (SSSR count). The maximum Gasteiger partial charge on any atom is 0.254 e. The standard InChI is InChI=1S/C14H17ClFNO/c1-10-6-11(8-12(16)7-10)14(18)17-5-3-2-4-13(17)9-15/h6-8,13H,2-5,9H2,1H3. The van der Waals surface area contributed by atoms with Crippen LogP contribution in [0.3, 0.4) is 0 Å². The van der Waals surface area contributed by atoms with Crippen LogP contribution in [-0.2, 0) is 0 Å². The number of nitrogens with zero attached hydrogens (tertiary/aromatic N) is 1. The second kappa shape index (κ2) is 5.70. The van der Waals surface area contributed by atoms with E-state index in [4.69, 9.17) is 11.6 Å². The third-order valence-corrected chi connectivity index (χ3v) is 3.71. The predicted octanol–water partition coefficient (Wildman–Crippen LogP) is 3.37. The van der Waals surface area contributed by atoms with Gasteiger partial charge in [0.05, 0.1) is 0 Å². The normalized spacial score (nSPS) is 19.9. The number of carbonyl (C=O) groups excluding carboxylic acids is 1. The Bertz CT molecular complexity index is 429. The lowest BCUT2D eigenvalue weighted by Gasteiger charge is -2.34. The molecular formula is C14H17ClFNO. The summed E-state index contributed by atoms with van der Waals surface area (Å²) in [5.74, 6) is -0.0271. The summed E-state index contributed by atoms with van der Waals surface area (Å²) in [4.78, 5) is 14.2. The number of aryl methyl sites for hydroxylation is 1. The van der Waals surface area contributed by atoms with Crippen LogP contribution in [0.1, 0.15) is 35.2 Å². The van der Waals surface area contributed by atoms with E-state index >= 15 is 0 Å². The van der Waals surface area contributed by atoms with E-state index in [0.29, 0.717) is 18.0 Å². The van der Waals surface area contributed by atoms with Crippen molar-refractivity contribution in [2.24, 2.45) is 0 Å². The number of carbonyl (C=O) groups is 1. The van der Waals surface area contributed by atoms with Gasteiger partial charge in [-0.05, 0) is 49.9 Å². The van der Waals surface area contributed by atoms with Crippen LogP contribution in [0, 0.1) is 12.7 Å². The topological polar surface area (TPSA) is 20.3 Å². The van der Waals surface area contributed by atoms with Crippen molar-refractivity contribution in [1.82, 2.24) is 4.90 Å². The maximum atomic E-state index is 13.3. The minimum absolute atomic E-state index is 0.0801. The van der Waals surface area contributed by atoms with Crippen molar-refractivity contribution in [3.8, 4) is 0 Å². The molecule has 0 aliphatic carbocycles. The smallest absolute Gasteiger partial charge is 0.254 e. The van der Waals surface area contributed by atoms with Crippen LogP contribution in [0.5, 0.6) is 0 Å². The van der Waals surface area contributed by atoms with Gasteiger partial charge in [-0.15, -0.1) is 11.6 Å². The van der Waals surface area contributed by atoms with Crippen LogP contribution in [0.15, 0.2) is 18.2 Å². The van der Waals surface area contributed by atoms with Crippen molar-refractivity contribution in [2.45, 2.75) is 32.2 Å². The lowest BCUT2D eigenvalue weighted by atomic mass is 10.0. The number of alkyl halides is 1. The number of likely N-dealkylation sites (tertiary alicyclic amines) is 1. The van der Waals surface area contributed by atoms with E-state index in [9.17, 15) is 9.18 Å². The summed E-state index contributed by atoms with van der Waals surface area (Å²) in [5, 5.41) is 0. The fourth-order valence-corrected chi connectivity index (χ4v) is 2.77. The molecule has 0 aromatic heterocycles. The molecule has 1 aromatic carbocycles. The molecule has 0 saturated carbocycles. The van der Waals surface area contributed by atoms with E-state index in [-0.39, 0.29) is 17.8 Å². The zero-order chi connectivity index (χ0) is 13.1. The van der Waals surface area contributed by atoms with Crippen molar-refractivity contribution < 1.29 is 9.18 Å². The SMILES string of the molecule is Cc1cc(F)cc(C(=O)N2CCCCC2CCl)c1. The van der Waals surface area contributed by atoms with E-state index in [1.807, 2.05) is 0 Å². The number of piperidine rings is 1. The van der Waals surface area contributed by atoms with Gasteiger partial charge >= 0.3 is 0 Å². The number of hydrogen-bond donors (Lipinski definition) is 0. The van der Waals surface area contributed by atoms with Crippen LogP contribution in [-0.4, -0.2) is 29.3 Å². The summed E-state index contributed by atoms with van der Waals surface area (Å²) < 4.78 is 13.3. The molecule has 1 aliphatic heterocycles. The van der Waals surface area contributed by atoms with Gasteiger partial charge in [0.25, 0.3) is 5.91 Å². The Morgan fingerprint density at radius 1 is 1.44 bits per heavy atom. The first-order valence-corrected chi connectivity index (χ1v) is 6.79. The molecule has 0 spiro atoms. The summed E-state index contributed by atoms with van der Waals surface area (Å²) in [6.45, 7) is 2.50. The number of hydrogen-bond acceptors (Lipinski definition) is 1. The molecule has 1 fully saturated rings. The van der Waals surface area contributed by atoms with Crippen LogP contribution in [0.25, 0.3) is 0 Å². The summed E-state index contributed by atoms with van der Waals surface area (Å²) in [5.41, 5.74) is 1.18. The van der Waals surface area contributed by atoms with E-state index in [0.717, 1.165) is 24.8 Å². The molecule has 98 valence electrons. The Labute approximate surface area is 112 Å². The van der Waals surface area contributed by atoms with Gasteiger partial charge in [0.2, 0.25) is 0 Å². The maximum absolute atomic E-state index is 13.3. The second-order valence-electron chi connectivity index (χ2n) is 4.82. The van der Waals surface area contributed by atoms with Crippen molar-refractivity contribution in [3.05, 3.63) is 35.1 Å². The molecular weight excluding hydrogens is 253 g/mol. The van der Waals surface area contributed by atoms with Crippen molar-refractivity contribution in [3.63, 3.8) is 0 Å². The van der Waals surface area contributed by atoms with E-state index in [1.54, 1.807) is 17.9 Å². The fraction of sp³-hybridized carbons (Fsp3) is 0.500. The van der Waals surface area contributed by atoms with Crippen molar-refractivity contribution in [1.29, 1.82) is 0 Å². The van der Waals surface area contributed by atoms with Gasteiger partial charge in [-0.2, -0.15) is 0 Å². The summed E-state index contributed by atoms with van der Waals surface area (Å²) in [6, 6.07) is 4.53. The van der Waals surface area contributed by atoms with Gasteiger partial charge in [-0.1, -0.05) is 0 Å². The molecule has 1 saturated heterocycles. The van der Waals surface area contributed by atoms with Gasteiger partial charge in [-0.3, -0.25) is 4.79 Å². The molecule has 1 aliphatic rings. The first kappa shape index (κ1) is 13.3. The molecule has 0 N–H and O–H groups in total. The average Bonchev–Trinajstić information content (AvgIpc) is 2.36. The number of amides is 1. The van der Waals surface area contributed by atoms with E-state index in [2.05, 4.69) is 0 Å². The number of benzene rings is 1. The molecule has 1 heterocycles. The van der Waals surface area contributed by atoms with Crippen molar-refractivity contribution >= 4 is 17.5 Å². The minimum Gasteiger partial charge on any atom is -0.334 e. The summed E-state index contributed by atoms with van der Waals surface area (Å²) in [7, 11) is 0. The van der Waals surface area contributed by atoms with Gasteiger partial charge in [0, 0.05) is 24.0 Å². The molecule has 18 heavy (non-hydrogen) atoms. The quantitative estimate of drug-likeness (QED) is 0.754. The third kappa shape index (κ3) is 2.83. The van der Waals surface area contributed by atoms with E-state index in [1.165, 1.54) is 12.1 Å². The minimum atomic E-state index is -0.363. The largest absolute Gasteiger partial charge is 0.334 e. The summed E-state index contributed by atoms with van der Waals surface area (Å²) in [6.07, 6.45) is 3.03. The molecule has 2 nitrogen and oxygen atoms in total. The zero-order valence-corrected chi connectivity index (χ0v) is 11.2. The first-order chi connectivity index (χ1) is 8.61. The van der Waals surface area contributed by atoms with Gasteiger partial charge < -0.3 is 4.90 Å². The average molecular weight is 270 g/mol. The lowest BCUT2D eigenvalue weighted by Crippen LogP contribution is -2.44. The zero-order valence-electron chi connectivity index (χ0n) is 10.5. The van der Waals surface area contributed by atoms with Crippen LogP contribution < -0.4 is 0 Å². The molecule has 0 bridgehead atoms. The molecule has 1 aromatic rings. The van der Waals surface area contributed by atoms with Crippen LogP contribution in [0.2, 0.25) is 0 Å². The number of halogens is 2. The molecule has 1 atom stereocenters. The highest BCUT2D eigenvalue weighted by Gasteiger charge is 2.27. The second-order valence-corrected chi connectivity index (χ2v) is 5.13. The highest BCUT2D eigenvalue weighted by Crippen LogP contribution is 2.21. The van der Waals surface area contributed by atoms with Crippen LogP contribution >= 0.6 is 11.6 Å². The molecule has 1 amide bonds. The third-order valence-electron chi connectivity index (χ3n) is 3.36. The van der Waals surface area contributed by atoms with Crippen LogP contribution in [0.4, 0.5) is 4.39 Å². The van der Waals surface area contributed by atoms with Gasteiger partial charge in [-0.25, -0.2) is 4.39 Å². The molecule has 0 radical (unpaired) electrons. The summed E-state index contributed by atoms with van der Waals surface area (Å²) >= 11 is 5.90. The predicted molar refractivity (Wildman–Crippen MR) is 70.5 cm³/mol. The van der Waals surface area contributed by atoms with Gasteiger partial charge in [0.1, 0.15) is 5.82 Å². The fourth-order valence-electron chi connectivity index (χ4n) is 2.45. The molecule has 4 heteroatoms. The Hall–Kier alpha value is -1.09. The lowest BCUT2D eigenvalue weighted by molar-refractivity contribution is 0.0638. The Morgan fingerprint density at radius 2 is 2.22 bits per heavy atom. The van der Waals surface area contributed by atoms with Gasteiger partial charge in [0.15, 0.2) is 0 Å². The number of rotatable bonds is 2. The Morgan fingerprint density at radius 3 is 2.89 bits per heavy atom. The molecule has 1 unspecified atom stereocenters. The Balaban J connectivity index is 2.23. The first-order valence-electron chi connectivity index (χ1n) is 6.26. The monoisotopic (exact) mass is 269 g/mol. The van der Waals surface area contributed by atoms with E-state index < -0.39 is 0 Å². The highest BCUT2D eigenvalue weighted by molar-refractivity contribution is 6.18. The highest BCUT2D eigenvalue weighted by atomic mass is 35.5. The van der Waals surface area contributed by atoms with Crippen molar-refractivity contribution in [2.75, 3.05) is 12.4 Å².